The van der Waals surface area contributed by atoms with Crippen LogP contribution < -0.4 is 20.3 Å². The van der Waals surface area contributed by atoms with Gasteiger partial charge in [-0.25, -0.2) is 0 Å². The zero-order chi connectivity index (χ0) is 18.4. The summed E-state index contributed by atoms with van der Waals surface area (Å²) < 4.78 is 12.8. The van der Waals surface area contributed by atoms with Gasteiger partial charge < -0.3 is 19.4 Å². The Hall–Kier alpha value is -2.43. The van der Waals surface area contributed by atoms with E-state index in [0.717, 1.165) is 41.5 Å². The fourth-order valence-corrected chi connectivity index (χ4v) is 2.62. The predicted molar refractivity (Wildman–Crippen MR) is 104 cm³/mol. The number of anilines is 1. The summed E-state index contributed by atoms with van der Waals surface area (Å²) in [4.78, 5) is 12.6. The molecule has 0 atom stereocenters. The van der Waals surface area contributed by atoms with E-state index in [1.165, 1.54) is 7.11 Å². The molecule has 0 aliphatic carbocycles. The lowest BCUT2D eigenvalue weighted by Crippen LogP contribution is -2.20. The topological polar surface area (TPSA) is 52.5 Å². The van der Waals surface area contributed by atoms with E-state index < -0.39 is 0 Å². The molecule has 0 spiro atoms. The predicted octanol–water partition coefficient (Wildman–Crippen LogP) is 4.10. The first kappa shape index (κ1) is 18.9. The second-order valence-electron chi connectivity index (χ2n) is 6.33. The van der Waals surface area contributed by atoms with E-state index in [9.17, 15) is 4.79 Å². The highest BCUT2D eigenvalue weighted by Crippen LogP contribution is 2.33. The molecule has 0 aliphatic rings. The third kappa shape index (κ3) is 4.35. The minimum Gasteiger partial charge on any atom is -0.488 e. The minimum atomic E-state index is -0.201. The number of methoxy groups -OCH3 is 1. The lowest BCUT2D eigenvalue weighted by Gasteiger charge is -2.16. The maximum atomic E-state index is 12.6. The minimum absolute atomic E-state index is 0.201. The molecule has 25 heavy (non-hydrogen) atoms. The Morgan fingerprint density at radius 2 is 2.04 bits per heavy atom. The van der Waals surface area contributed by atoms with Gasteiger partial charge in [0.1, 0.15) is 6.61 Å². The number of aryl methyl sites for hydroxylation is 1. The van der Waals surface area contributed by atoms with Crippen LogP contribution in [0, 0.1) is 0 Å². The van der Waals surface area contributed by atoms with E-state index in [0.29, 0.717) is 12.4 Å². The average molecular weight is 344 g/mol. The first-order chi connectivity index (χ1) is 12.0. The average Bonchev–Trinajstić information content (AvgIpc) is 2.59. The van der Waals surface area contributed by atoms with Gasteiger partial charge in [0.2, 0.25) is 5.75 Å². The molecule has 2 rings (SSSR count). The van der Waals surface area contributed by atoms with Crippen LogP contribution >= 0.6 is 0 Å². The summed E-state index contributed by atoms with van der Waals surface area (Å²) in [6.45, 7) is 7.50. The molecule has 5 heteroatoms. The summed E-state index contributed by atoms with van der Waals surface area (Å²) in [5.41, 5.74) is 2.78. The molecule has 0 unspecified atom stereocenters. The monoisotopic (exact) mass is 344 g/mol. The molecule has 0 aliphatic heterocycles. The Balaban J connectivity index is 2.51. The van der Waals surface area contributed by atoms with Gasteiger partial charge in [-0.2, -0.15) is 0 Å². The van der Waals surface area contributed by atoms with Gasteiger partial charge in [0.15, 0.2) is 5.75 Å². The third-order valence-electron chi connectivity index (χ3n) is 4.09. The molecule has 2 aromatic rings. The Labute approximate surface area is 149 Å². The number of aromatic nitrogens is 1. The summed E-state index contributed by atoms with van der Waals surface area (Å²) in [6, 6.07) is 5.97. The summed E-state index contributed by atoms with van der Waals surface area (Å²) in [7, 11) is 3.25. The molecule has 5 nitrogen and oxygen atoms in total. The third-order valence-corrected chi connectivity index (χ3v) is 4.09. The maximum absolute atomic E-state index is 12.6. The van der Waals surface area contributed by atoms with E-state index in [1.807, 2.05) is 38.1 Å². The lowest BCUT2D eigenvalue weighted by atomic mass is 10.1. The Kier molecular flexibility index (Phi) is 6.51. The second-order valence-corrected chi connectivity index (χ2v) is 6.33. The SMILES string of the molecule is CCCCNc1ccc2c(OCC=C(C)C)c(OC)c(=O)n(C)c2c1. The van der Waals surface area contributed by atoms with Gasteiger partial charge in [0, 0.05) is 24.7 Å². The van der Waals surface area contributed by atoms with Crippen molar-refractivity contribution < 1.29 is 9.47 Å². The number of unbranched alkanes of at least 4 members (excludes halogenated alkanes) is 1. The number of fused-ring (bicyclic) bond motifs is 1. The zero-order valence-electron chi connectivity index (χ0n) is 15.8. The molecule has 1 N–H and O–H groups in total. The molecule has 0 bridgehead atoms. The van der Waals surface area contributed by atoms with E-state index in [-0.39, 0.29) is 11.3 Å². The van der Waals surface area contributed by atoms with Crippen molar-refractivity contribution in [2.75, 3.05) is 25.6 Å². The van der Waals surface area contributed by atoms with Crippen molar-refractivity contribution >= 4 is 16.6 Å². The number of rotatable bonds is 8. The van der Waals surface area contributed by atoms with Gasteiger partial charge in [-0.1, -0.05) is 18.9 Å². The van der Waals surface area contributed by atoms with Crippen molar-refractivity contribution in [3.63, 3.8) is 0 Å². The Morgan fingerprint density at radius 3 is 2.68 bits per heavy atom. The van der Waals surface area contributed by atoms with E-state index in [2.05, 4.69) is 12.2 Å². The van der Waals surface area contributed by atoms with E-state index in [1.54, 1.807) is 11.6 Å². The largest absolute Gasteiger partial charge is 0.488 e. The van der Waals surface area contributed by atoms with Gasteiger partial charge in [-0.3, -0.25) is 4.79 Å². The highest BCUT2D eigenvalue weighted by Gasteiger charge is 2.17. The standard InChI is InChI=1S/C20H28N2O3/c1-6-7-11-21-15-8-9-16-17(13-15)22(4)20(23)19(24-5)18(16)25-12-10-14(2)3/h8-10,13,21H,6-7,11-12H2,1-5H3. The number of benzene rings is 1. The Morgan fingerprint density at radius 1 is 1.28 bits per heavy atom. The molecule has 136 valence electrons. The van der Waals surface area contributed by atoms with Gasteiger partial charge in [-0.15, -0.1) is 0 Å². The van der Waals surface area contributed by atoms with Crippen molar-refractivity contribution in [2.45, 2.75) is 33.6 Å². The summed E-state index contributed by atoms with van der Waals surface area (Å²) >= 11 is 0. The molecule has 0 saturated heterocycles. The molecule has 0 fully saturated rings. The van der Waals surface area contributed by atoms with Crippen molar-refractivity contribution in [3.05, 3.63) is 40.2 Å². The normalized spacial score (nSPS) is 10.6. The molecule has 1 aromatic heterocycles. The second kappa shape index (κ2) is 8.60. The van der Waals surface area contributed by atoms with Gasteiger partial charge in [-0.05, 0) is 44.5 Å². The molecule has 1 aromatic carbocycles. The Bertz CT molecular complexity index is 818. The molecule has 0 saturated carbocycles. The van der Waals surface area contributed by atoms with Crippen LogP contribution in [0.15, 0.2) is 34.6 Å². The van der Waals surface area contributed by atoms with Crippen molar-refractivity contribution in [1.82, 2.24) is 4.57 Å². The summed E-state index contributed by atoms with van der Waals surface area (Å²) in [5.74, 6) is 0.738. The number of hydrogen-bond donors (Lipinski definition) is 1. The fraction of sp³-hybridized carbons (Fsp3) is 0.450. The summed E-state index contributed by atoms with van der Waals surface area (Å²) in [6.07, 6.45) is 4.22. The lowest BCUT2D eigenvalue weighted by molar-refractivity contribution is 0.325. The van der Waals surface area contributed by atoms with Crippen LogP contribution in [0.5, 0.6) is 11.5 Å². The number of nitrogens with one attached hydrogen (secondary N) is 1. The van der Waals surface area contributed by atoms with Crippen LogP contribution in [-0.2, 0) is 7.05 Å². The van der Waals surface area contributed by atoms with E-state index in [4.69, 9.17) is 9.47 Å². The fourth-order valence-electron chi connectivity index (χ4n) is 2.62. The van der Waals surface area contributed by atoms with Crippen LogP contribution in [-0.4, -0.2) is 24.8 Å². The van der Waals surface area contributed by atoms with Crippen molar-refractivity contribution in [1.29, 1.82) is 0 Å². The van der Waals surface area contributed by atoms with Crippen molar-refractivity contribution in [3.8, 4) is 11.5 Å². The molecule has 1 heterocycles. The van der Waals surface area contributed by atoms with Crippen LogP contribution in [0.3, 0.4) is 0 Å². The van der Waals surface area contributed by atoms with Crippen molar-refractivity contribution in [2.24, 2.45) is 7.05 Å². The quantitative estimate of drug-likeness (QED) is 0.578. The summed E-state index contributed by atoms with van der Waals surface area (Å²) in [5, 5.41) is 4.26. The van der Waals surface area contributed by atoms with Crippen LogP contribution in [0.25, 0.3) is 10.9 Å². The molecular formula is C20H28N2O3. The van der Waals surface area contributed by atoms with Crippen LogP contribution in [0.2, 0.25) is 0 Å². The first-order valence-electron chi connectivity index (χ1n) is 8.70. The first-order valence-corrected chi connectivity index (χ1v) is 8.70. The molecule has 0 amide bonds. The molecule has 0 radical (unpaired) electrons. The highest BCUT2D eigenvalue weighted by molar-refractivity contribution is 5.90. The number of pyridine rings is 1. The van der Waals surface area contributed by atoms with Gasteiger partial charge in [0.25, 0.3) is 5.56 Å². The van der Waals surface area contributed by atoms with Gasteiger partial charge in [0.05, 0.1) is 12.6 Å². The number of nitrogens with zero attached hydrogens (tertiary/aromatic N) is 1. The van der Waals surface area contributed by atoms with E-state index >= 15 is 0 Å². The highest BCUT2D eigenvalue weighted by atomic mass is 16.5. The van der Waals surface area contributed by atoms with Crippen LogP contribution in [0.1, 0.15) is 33.6 Å². The van der Waals surface area contributed by atoms with Gasteiger partial charge >= 0.3 is 0 Å². The maximum Gasteiger partial charge on any atom is 0.297 e. The number of ether oxygens (including phenoxy) is 2. The zero-order valence-corrected chi connectivity index (χ0v) is 15.8. The smallest absolute Gasteiger partial charge is 0.297 e. The van der Waals surface area contributed by atoms with Crippen LogP contribution in [0.4, 0.5) is 5.69 Å². The number of hydrogen-bond acceptors (Lipinski definition) is 4. The molecular weight excluding hydrogens is 316 g/mol. The number of allylic oxidation sites excluding steroid dienone is 1.